The number of imidazole rings is 1. The van der Waals surface area contributed by atoms with Crippen molar-refractivity contribution in [1.82, 2.24) is 9.55 Å². The van der Waals surface area contributed by atoms with Crippen LogP contribution in [0.25, 0.3) is 11.0 Å². The Labute approximate surface area is 123 Å². The highest BCUT2D eigenvalue weighted by Crippen LogP contribution is 2.36. The third-order valence-corrected chi connectivity index (χ3v) is 4.46. The van der Waals surface area contributed by atoms with Crippen LogP contribution in [0.4, 0.5) is 5.95 Å². The molecule has 1 unspecified atom stereocenters. The first-order valence-corrected chi connectivity index (χ1v) is 7.24. The van der Waals surface area contributed by atoms with Crippen LogP contribution in [0.15, 0.2) is 41.4 Å². The number of para-hydroxylation sites is 2. The Kier molecular flexibility index (Phi) is 2.48. The standard InChI is InChI=1S/C13H10ClN5S/c14-10-6-5-9(20-10)11-17-12(15)18-13-16-7-3-1-2-4-8(7)19(11)13/h1-6,11H,(H3,15,16,17,18). The molecule has 0 saturated heterocycles. The van der Waals surface area contributed by atoms with Crippen LogP contribution in [0.2, 0.25) is 4.34 Å². The second kappa shape index (κ2) is 4.22. The third kappa shape index (κ3) is 1.69. The summed E-state index contributed by atoms with van der Waals surface area (Å²) in [6, 6.07) is 11.8. The SMILES string of the molecule is NC1=NC(c2ccc(Cl)s2)n2c(nc3ccccc32)N1. The predicted molar refractivity (Wildman–Crippen MR) is 82.4 cm³/mol. The van der Waals surface area contributed by atoms with Gasteiger partial charge in [0.2, 0.25) is 5.95 Å². The Morgan fingerprint density at radius 3 is 2.90 bits per heavy atom. The lowest BCUT2D eigenvalue weighted by Gasteiger charge is -2.22. The van der Waals surface area contributed by atoms with Crippen LogP contribution in [0.5, 0.6) is 0 Å². The average molecular weight is 304 g/mol. The van der Waals surface area contributed by atoms with Gasteiger partial charge < -0.3 is 5.73 Å². The lowest BCUT2D eigenvalue weighted by Crippen LogP contribution is -2.31. The molecule has 100 valence electrons. The number of anilines is 1. The van der Waals surface area contributed by atoms with Gasteiger partial charge in [0, 0.05) is 0 Å². The molecule has 3 aromatic rings. The van der Waals surface area contributed by atoms with Gasteiger partial charge in [-0.3, -0.25) is 9.88 Å². The average Bonchev–Trinajstić information content (AvgIpc) is 3.00. The van der Waals surface area contributed by atoms with Gasteiger partial charge in [-0.2, -0.15) is 0 Å². The monoisotopic (exact) mass is 303 g/mol. The molecule has 3 N–H and O–H groups in total. The first-order valence-electron chi connectivity index (χ1n) is 6.05. The molecule has 1 aliphatic rings. The zero-order valence-electron chi connectivity index (χ0n) is 10.2. The summed E-state index contributed by atoms with van der Waals surface area (Å²) in [4.78, 5) is 10.1. The van der Waals surface area contributed by atoms with Crippen molar-refractivity contribution in [3.63, 3.8) is 0 Å². The Morgan fingerprint density at radius 1 is 1.25 bits per heavy atom. The predicted octanol–water partition coefficient (Wildman–Crippen LogP) is 3.04. The van der Waals surface area contributed by atoms with E-state index in [1.807, 2.05) is 41.0 Å². The molecule has 7 heteroatoms. The number of hydrogen-bond donors (Lipinski definition) is 2. The van der Waals surface area contributed by atoms with Crippen LogP contribution < -0.4 is 11.1 Å². The maximum absolute atomic E-state index is 6.03. The van der Waals surface area contributed by atoms with Gasteiger partial charge in [0.15, 0.2) is 12.1 Å². The minimum atomic E-state index is -0.226. The van der Waals surface area contributed by atoms with E-state index in [9.17, 15) is 0 Å². The number of aromatic nitrogens is 2. The van der Waals surface area contributed by atoms with Gasteiger partial charge in [-0.1, -0.05) is 23.7 Å². The van der Waals surface area contributed by atoms with Gasteiger partial charge in [0.25, 0.3) is 0 Å². The largest absolute Gasteiger partial charge is 0.370 e. The van der Waals surface area contributed by atoms with Crippen molar-refractivity contribution in [2.24, 2.45) is 10.7 Å². The summed E-state index contributed by atoms with van der Waals surface area (Å²) in [6.45, 7) is 0. The van der Waals surface area contributed by atoms with Crippen molar-refractivity contribution >= 4 is 45.9 Å². The van der Waals surface area contributed by atoms with Gasteiger partial charge in [0.1, 0.15) is 0 Å². The summed E-state index contributed by atoms with van der Waals surface area (Å²) >= 11 is 7.53. The van der Waals surface area contributed by atoms with E-state index in [1.165, 1.54) is 11.3 Å². The number of nitrogens with two attached hydrogens (primary N) is 1. The van der Waals surface area contributed by atoms with Crippen LogP contribution >= 0.6 is 22.9 Å². The molecular formula is C13H10ClN5S. The van der Waals surface area contributed by atoms with Gasteiger partial charge in [-0.25, -0.2) is 9.98 Å². The van der Waals surface area contributed by atoms with Crippen LogP contribution in [0.1, 0.15) is 11.0 Å². The lowest BCUT2D eigenvalue weighted by atomic mass is 10.3. The van der Waals surface area contributed by atoms with Crippen LogP contribution in [-0.4, -0.2) is 15.5 Å². The van der Waals surface area contributed by atoms with E-state index in [0.717, 1.165) is 20.2 Å². The molecule has 0 radical (unpaired) electrons. The highest BCUT2D eigenvalue weighted by atomic mass is 35.5. The number of hydrogen-bond acceptors (Lipinski definition) is 5. The van der Waals surface area contributed by atoms with Crippen molar-refractivity contribution < 1.29 is 0 Å². The molecule has 0 aliphatic carbocycles. The second-order valence-electron chi connectivity index (χ2n) is 4.45. The van der Waals surface area contributed by atoms with E-state index in [4.69, 9.17) is 17.3 Å². The smallest absolute Gasteiger partial charge is 0.212 e. The van der Waals surface area contributed by atoms with E-state index < -0.39 is 0 Å². The first kappa shape index (κ1) is 11.7. The summed E-state index contributed by atoms with van der Waals surface area (Å²) in [7, 11) is 0. The molecule has 1 atom stereocenters. The zero-order chi connectivity index (χ0) is 13.7. The molecule has 1 aromatic carbocycles. The minimum Gasteiger partial charge on any atom is -0.370 e. The maximum atomic E-state index is 6.03. The summed E-state index contributed by atoms with van der Waals surface area (Å²) in [5.74, 6) is 1.07. The van der Waals surface area contributed by atoms with Crippen LogP contribution in [0.3, 0.4) is 0 Å². The van der Waals surface area contributed by atoms with Gasteiger partial charge in [-0.15, -0.1) is 11.3 Å². The van der Waals surface area contributed by atoms with Crippen molar-refractivity contribution in [1.29, 1.82) is 0 Å². The zero-order valence-corrected chi connectivity index (χ0v) is 11.8. The topological polar surface area (TPSA) is 68.2 Å². The number of nitrogens with zero attached hydrogens (tertiary/aromatic N) is 3. The molecule has 1 aliphatic heterocycles. The van der Waals surface area contributed by atoms with Crippen LogP contribution in [-0.2, 0) is 0 Å². The lowest BCUT2D eigenvalue weighted by molar-refractivity contribution is 0.637. The molecule has 5 nitrogen and oxygen atoms in total. The molecule has 0 fully saturated rings. The summed E-state index contributed by atoms with van der Waals surface area (Å²) < 4.78 is 2.77. The molecule has 0 spiro atoms. The molecule has 0 bridgehead atoms. The molecule has 3 heterocycles. The number of fused-ring (bicyclic) bond motifs is 3. The molecule has 0 amide bonds. The van der Waals surface area contributed by atoms with E-state index in [0.29, 0.717) is 11.9 Å². The quantitative estimate of drug-likeness (QED) is 0.726. The molecule has 20 heavy (non-hydrogen) atoms. The van der Waals surface area contributed by atoms with Gasteiger partial charge in [-0.05, 0) is 24.3 Å². The fraction of sp³-hybridized carbons (Fsp3) is 0.0769. The van der Waals surface area contributed by atoms with E-state index in [2.05, 4.69) is 15.3 Å². The molecule has 4 rings (SSSR count). The fourth-order valence-electron chi connectivity index (χ4n) is 2.37. The molecular weight excluding hydrogens is 294 g/mol. The fourth-order valence-corrected chi connectivity index (χ4v) is 3.47. The Bertz CT molecular complexity index is 834. The van der Waals surface area contributed by atoms with Gasteiger partial charge in [0.05, 0.1) is 20.2 Å². The van der Waals surface area contributed by atoms with Crippen LogP contribution in [0, 0.1) is 0 Å². The van der Waals surface area contributed by atoms with Gasteiger partial charge >= 0.3 is 0 Å². The van der Waals surface area contributed by atoms with E-state index in [-0.39, 0.29) is 6.17 Å². The number of halogens is 1. The number of benzene rings is 1. The summed E-state index contributed by atoms with van der Waals surface area (Å²) in [6.07, 6.45) is -0.226. The summed E-state index contributed by atoms with van der Waals surface area (Å²) in [5.41, 5.74) is 7.79. The van der Waals surface area contributed by atoms with Crippen molar-refractivity contribution in [3.8, 4) is 0 Å². The molecule has 2 aromatic heterocycles. The Balaban J connectivity index is 1.98. The maximum Gasteiger partial charge on any atom is 0.212 e. The highest BCUT2D eigenvalue weighted by molar-refractivity contribution is 7.16. The highest BCUT2D eigenvalue weighted by Gasteiger charge is 2.25. The second-order valence-corrected chi connectivity index (χ2v) is 6.20. The van der Waals surface area contributed by atoms with Crippen molar-refractivity contribution in [3.05, 3.63) is 45.6 Å². The normalized spacial score (nSPS) is 17.6. The summed E-state index contributed by atoms with van der Waals surface area (Å²) in [5, 5.41) is 3.01. The molecule has 0 saturated carbocycles. The minimum absolute atomic E-state index is 0.226. The Morgan fingerprint density at radius 2 is 2.10 bits per heavy atom. The first-order chi connectivity index (χ1) is 9.72. The number of nitrogens with one attached hydrogen (secondary N) is 1. The van der Waals surface area contributed by atoms with Crippen molar-refractivity contribution in [2.75, 3.05) is 5.32 Å². The number of aliphatic imine (C=N–C) groups is 1. The number of rotatable bonds is 1. The Hall–Kier alpha value is -2.05. The third-order valence-electron chi connectivity index (χ3n) is 3.19. The van der Waals surface area contributed by atoms with E-state index in [1.54, 1.807) is 0 Å². The number of guanidine groups is 1. The van der Waals surface area contributed by atoms with E-state index >= 15 is 0 Å². The number of thiophene rings is 1. The van der Waals surface area contributed by atoms with Crippen molar-refractivity contribution in [2.45, 2.75) is 6.17 Å².